The van der Waals surface area contributed by atoms with Crippen LogP contribution in [0.4, 0.5) is 4.39 Å². The Morgan fingerprint density at radius 2 is 1.93 bits per heavy atom. The highest BCUT2D eigenvalue weighted by molar-refractivity contribution is 7.91. The van der Waals surface area contributed by atoms with Crippen molar-refractivity contribution in [3.05, 3.63) is 54.2 Å². The molecule has 3 rings (SSSR count). The molecule has 0 aliphatic carbocycles. The maximum Gasteiger partial charge on any atom is 0.252 e. The van der Waals surface area contributed by atoms with Gasteiger partial charge in [-0.15, -0.1) is 0 Å². The SMILES string of the molecule is CC(C)n1cnc2cc(C(=O)NCCS(=O)(=O)c3ccc(F)cc3)cnc21. The molecule has 3 aromatic rings. The van der Waals surface area contributed by atoms with Crippen LogP contribution in [-0.2, 0) is 9.84 Å². The molecule has 7 nitrogen and oxygen atoms in total. The van der Waals surface area contributed by atoms with Crippen molar-refractivity contribution in [1.29, 1.82) is 0 Å². The van der Waals surface area contributed by atoms with E-state index in [4.69, 9.17) is 0 Å². The van der Waals surface area contributed by atoms with Crippen LogP contribution in [0.3, 0.4) is 0 Å². The summed E-state index contributed by atoms with van der Waals surface area (Å²) in [6, 6.07) is 6.39. The summed E-state index contributed by atoms with van der Waals surface area (Å²) in [5.41, 5.74) is 1.58. The van der Waals surface area contributed by atoms with E-state index in [9.17, 15) is 17.6 Å². The average molecular weight is 390 g/mol. The van der Waals surface area contributed by atoms with Crippen molar-refractivity contribution in [2.75, 3.05) is 12.3 Å². The number of carbonyl (C=O) groups is 1. The third-order valence-corrected chi connectivity index (χ3v) is 5.79. The largest absolute Gasteiger partial charge is 0.351 e. The van der Waals surface area contributed by atoms with Crippen molar-refractivity contribution < 1.29 is 17.6 Å². The van der Waals surface area contributed by atoms with Crippen LogP contribution in [0, 0.1) is 5.82 Å². The lowest BCUT2D eigenvalue weighted by Crippen LogP contribution is -2.29. The molecule has 1 aromatic carbocycles. The van der Waals surface area contributed by atoms with E-state index in [0.29, 0.717) is 16.7 Å². The molecule has 0 aliphatic heterocycles. The van der Waals surface area contributed by atoms with Crippen molar-refractivity contribution in [3.8, 4) is 0 Å². The molecule has 0 saturated heterocycles. The van der Waals surface area contributed by atoms with Crippen molar-refractivity contribution in [3.63, 3.8) is 0 Å². The maximum atomic E-state index is 12.9. The Balaban J connectivity index is 1.65. The van der Waals surface area contributed by atoms with Gasteiger partial charge >= 0.3 is 0 Å². The number of aromatic nitrogens is 3. The van der Waals surface area contributed by atoms with Crippen LogP contribution in [-0.4, -0.2) is 41.2 Å². The van der Waals surface area contributed by atoms with Gasteiger partial charge in [0.05, 0.1) is 22.5 Å². The molecule has 0 bridgehead atoms. The van der Waals surface area contributed by atoms with Crippen LogP contribution in [0.15, 0.2) is 47.8 Å². The molecule has 0 saturated carbocycles. The standard InChI is InChI=1S/C18H19FN4O3S/c1-12(2)23-11-22-16-9-13(10-21-17(16)23)18(24)20-7-8-27(25,26)15-5-3-14(19)4-6-15/h3-6,9-12H,7-8H2,1-2H3,(H,20,24). The van der Waals surface area contributed by atoms with Gasteiger partial charge in [0.15, 0.2) is 15.5 Å². The van der Waals surface area contributed by atoms with E-state index in [1.807, 2.05) is 18.4 Å². The normalized spacial score (nSPS) is 11.9. The van der Waals surface area contributed by atoms with E-state index in [1.165, 1.54) is 18.3 Å². The molecule has 0 spiro atoms. The third kappa shape index (κ3) is 4.13. The Labute approximate surface area is 156 Å². The first kappa shape index (κ1) is 19.0. The summed E-state index contributed by atoms with van der Waals surface area (Å²) in [4.78, 5) is 20.8. The first-order valence-corrected chi connectivity index (χ1v) is 10.0. The number of nitrogens with zero attached hydrogens (tertiary/aromatic N) is 3. The van der Waals surface area contributed by atoms with Gasteiger partial charge in [-0.25, -0.2) is 22.8 Å². The molecular weight excluding hydrogens is 371 g/mol. The number of hydrogen-bond acceptors (Lipinski definition) is 5. The molecular formula is C18H19FN4O3S. The highest BCUT2D eigenvalue weighted by Crippen LogP contribution is 2.16. The van der Waals surface area contributed by atoms with Crippen LogP contribution < -0.4 is 5.32 Å². The maximum absolute atomic E-state index is 12.9. The number of fused-ring (bicyclic) bond motifs is 1. The second kappa shape index (κ2) is 7.43. The lowest BCUT2D eigenvalue weighted by molar-refractivity contribution is 0.0956. The first-order valence-electron chi connectivity index (χ1n) is 8.37. The summed E-state index contributed by atoms with van der Waals surface area (Å²) in [5, 5.41) is 2.56. The van der Waals surface area contributed by atoms with Crippen molar-refractivity contribution in [2.45, 2.75) is 24.8 Å². The highest BCUT2D eigenvalue weighted by Gasteiger charge is 2.16. The molecule has 0 fully saturated rings. The number of hydrogen-bond donors (Lipinski definition) is 1. The summed E-state index contributed by atoms with van der Waals surface area (Å²) in [6.45, 7) is 3.94. The van der Waals surface area contributed by atoms with Crippen LogP contribution in [0.2, 0.25) is 0 Å². The fourth-order valence-corrected chi connectivity index (χ4v) is 3.74. The monoisotopic (exact) mass is 390 g/mol. The minimum absolute atomic E-state index is 0.0143. The van der Waals surface area contributed by atoms with Gasteiger partial charge in [0.1, 0.15) is 11.3 Å². The molecule has 2 aromatic heterocycles. The molecule has 0 radical (unpaired) electrons. The van der Waals surface area contributed by atoms with E-state index < -0.39 is 21.6 Å². The summed E-state index contributed by atoms with van der Waals surface area (Å²) in [7, 11) is -3.61. The van der Waals surface area contributed by atoms with E-state index in [0.717, 1.165) is 12.1 Å². The van der Waals surface area contributed by atoms with E-state index in [2.05, 4.69) is 15.3 Å². The fraction of sp³-hybridized carbons (Fsp3) is 0.278. The van der Waals surface area contributed by atoms with Crippen molar-refractivity contribution in [2.24, 2.45) is 0 Å². The Kier molecular flexibility index (Phi) is 5.22. The zero-order valence-electron chi connectivity index (χ0n) is 14.9. The highest BCUT2D eigenvalue weighted by atomic mass is 32.2. The smallest absolute Gasteiger partial charge is 0.252 e. The number of carbonyl (C=O) groups excluding carboxylic acids is 1. The minimum atomic E-state index is -3.61. The molecule has 1 N–H and O–H groups in total. The van der Waals surface area contributed by atoms with Crippen LogP contribution in [0.25, 0.3) is 11.2 Å². The molecule has 0 atom stereocenters. The van der Waals surface area contributed by atoms with Gasteiger partial charge in [-0.2, -0.15) is 0 Å². The predicted molar refractivity (Wildman–Crippen MR) is 98.7 cm³/mol. The number of pyridine rings is 1. The van der Waals surface area contributed by atoms with Gasteiger partial charge in [-0.3, -0.25) is 4.79 Å². The number of sulfone groups is 1. The van der Waals surface area contributed by atoms with E-state index in [1.54, 1.807) is 12.4 Å². The van der Waals surface area contributed by atoms with Gasteiger partial charge in [0.25, 0.3) is 5.91 Å². The summed E-state index contributed by atoms with van der Waals surface area (Å²) >= 11 is 0. The predicted octanol–water partition coefficient (Wildman–Crippen LogP) is 2.36. The van der Waals surface area contributed by atoms with Crippen molar-refractivity contribution in [1.82, 2.24) is 19.9 Å². The van der Waals surface area contributed by atoms with E-state index >= 15 is 0 Å². The minimum Gasteiger partial charge on any atom is -0.351 e. The summed E-state index contributed by atoms with van der Waals surface area (Å²) < 4.78 is 39.2. The van der Waals surface area contributed by atoms with Crippen LogP contribution >= 0.6 is 0 Å². The van der Waals surface area contributed by atoms with Crippen LogP contribution in [0.1, 0.15) is 30.2 Å². The second-order valence-electron chi connectivity index (χ2n) is 6.34. The number of benzene rings is 1. The lowest BCUT2D eigenvalue weighted by Gasteiger charge is -2.08. The summed E-state index contributed by atoms with van der Waals surface area (Å²) in [6.07, 6.45) is 3.10. The first-order chi connectivity index (χ1) is 12.8. The quantitative estimate of drug-likeness (QED) is 0.652. The topological polar surface area (TPSA) is 94.0 Å². The Morgan fingerprint density at radius 1 is 1.22 bits per heavy atom. The van der Waals surface area contributed by atoms with Gasteiger partial charge < -0.3 is 9.88 Å². The number of amides is 1. The Bertz CT molecular complexity index is 1080. The Morgan fingerprint density at radius 3 is 2.59 bits per heavy atom. The Hall–Kier alpha value is -2.81. The molecule has 27 heavy (non-hydrogen) atoms. The molecule has 9 heteroatoms. The molecule has 2 heterocycles. The zero-order valence-corrected chi connectivity index (χ0v) is 15.7. The van der Waals surface area contributed by atoms with Gasteiger partial charge in [-0.05, 0) is 44.2 Å². The zero-order chi connectivity index (χ0) is 19.6. The molecule has 1 amide bonds. The van der Waals surface area contributed by atoms with Gasteiger partial charge in [-0.1, -0.05) is 0 Å². The molecule has 0 unspecified atom stereocenters. The fourth-order valence-electron chi connectivity index (χ4n) is 2.58. The number of rotatable bonds is 6. The molecule has 142 valence electrons. The molecule has 0 aliphatic rings. The number of halogens is 1. The van der Waals surface area contributed by atoms with Crippen LogP contribution in [0.5, 0.6) is 0 Å². The number of imidazole rings is 1. The second-order valence-corrected chi connectivity index (χ2v) is 8.45. The third-order valence-electron chi connectivity index (χ3n) is 4.06. The van der Waals surface area contributed by atoms with Gasteiger partial charge in [0.2, 0.25) is 0 Å². The lowest BCUT2D eigenvalue weighted by atomic mass is 10.2. The van der Waals surface area contributed by atoms with Gasteiger partial charge in [0, 0.05) is 18.8 Å². The van der Waals surface area contributed by atoms with E-state index in [-0.39, 0.29) is 23.2 Å². The number of nitrogens with one attached hydrogen (secondary N) is 1. The van der Waals surface area contributed by atoms with Crippen molar-refractivity contribution >= 4 is 26.9 Å². The average Bonchev–Trinajstić information content (AvgIpc) is 3.05. The summed E-state index contributed by atoms with van der Waals surface area (Å²) in [5.74, 6) is -1.23.